The van der Waals surface area contributed by atoms with E-state index >= 15 is 0 Å². The van der Waals surface area contributed by atoms with E-state index in [1.165, 1.54) is 13.1 Å². The molecule has 0 amide bonds. The third-order valence-electron chi connectivity index (χ3n) is 10.1. The predicted octanol–water partition coefficient (Wildman–Crippen LogP) is 6.72. The maximum absolute atomic E-state index is 11.9. The number of aliphatic carboxylic acids is 1. The molecule has 13 heteroatoms. The fraction of sp³-hybridized carbons (Fsp3) is 0.390. The summed E-state index contributed by atoms with van der Waals surface area (Å²) in [4.78, 5) is 18.3. The molecule has 1 fully saturated rings. The maximum atomic E-state index is 11.9. The zero-order valence-electron chi connectivity index (χ0n) is 30.1. The average molecular weight is 776 g/mol. The molecule has 1 saturated heterocycles. The van der Waals surface area contributed by atoms with Gasteiger partial charge >= 0.3 is 5.97 Å². The Labute approximate surface area is 325 Å². The maximum Gasteiger partial charge on any atom is 0.326 e. The number of hydrogen-bond acceptors (Lipinski definition) is 10. The number of pyridine rings is 1. The van der Waals surface area contributed by atoms with Crippen LogP contribution in [0, 0.1) is 11.3 Å². The van der Waals surface area contributed by atoms with E-state index in [9.17, 15) is 25.4 Å². The van der Waals surface area contributed by atoms with E-state index in [-0.39, 0.29) is 25.4 Å². The van der Waals surface area contributed by atoms with Gasteiger partial charge in [-0.25, -0.2) is 0 Å². The standard InChI is InChI=1S/C41H44Cl2N4O7/c1-41(25-48,40(50)51)46-23-28-18-34(42)38(19-37(28)53-24-27-17-26(20-44)21-45-22-27)54-35-10-9-31-30(5-2-6-32(31)35)33-7-3-8-36(39(33)43)52-16-4-13-47-14-11-29(49)12-15-47/h2-3,5-8,17-19,21-22,29,35,46,48-49H,4,9-16,23-25H2,1H3,(H,50,51)/t35-,41?/m0/s1. The molecule has 1 aliphatic carbocycles. The van der Waals surface area contributed by atoms with Gasteiger partial charge in [0.1, 0.15) is 41.6 Å². The zero-order chi connectivity index (χ0) is 38.2. The van der Waals surface area contributed by atoms with Crippen LogP contribution in [0.5, 0.6) is 17.2 Å². The Bertz CT molecular complexity index is 2000. The number of nitrogens with zero attached hydrogens (tertiary/aromatic N) is 3. The largest absolute Gasteiger partial charge is 0.492 e. The van der Waals surface area contributed by atoms with Gasteiger partial charge in [0.25, 0.3) is 0 Å². The van der Waals surface area contributed by atoms with Crippen LogP contribution in [-0.2, 0) is 24.4 Å². The topological polar surface area (TPSA) is 157 Å². The summed E-state index contributed by atoms with van der Waals surface area (Å²) in [6.45, 7) is 4.13. The number of nitriles is 1. The Hall–Kier alpha value is -4.41. The molecule has 0 spiro atoms. The van der Waals surface area contributed by atoms with Crippen LogP contribution in [0.15, 0.2) is 67.0 Å². The summed E-state index contributed by atoms with van der Waals surface area (Å²) in [6.07, 6.45) is 6.50. The summed E-state index contributed by atoms with van der Waals surface area (Å²) in [5.41, 5.74) is 4.06. The Kier molecular flexibility index (Phi) is 13.0. The highest BCUT2D eigenvalue weighted by atomic mass is 35.5. The van der Waals surface area contributed by atoms with Crippen LogP contribution >= 0.6 is 23.2 Å². The van der Waals surface area contributed by atoms with Crippen LogP contribution in [0.1, 0.15) is 66.5 Å². The molecule has 0 radical (unpaired) electrons. The minimum absolute atomic E-state index is 0.0256. The van der Waals surface area contributed by atoms with Crippen LogP contribution in [0.3, 0.4) is 0 Å². The van der Waals surface area contributed by atoms with Gasteiger partial charge in [0, 0.05) is 61.3 Å². The quantitative estimate of drug-likeness (QED) is 0.0896. The fourth-order valence-corrected chi connectivity index (χ4v) is 7.32. The second kappa shape index (κ2) is 17.8. The molecule has 54 heavy (non-hydrogen) atoms. The number of aliphatic hydroxyl groups excluding tert-OH is 2. The van der Waals surface area contributed by atoms with E-state index < -0.39 is 18.1 Å². The van der Waals surface area contributed by atoms with E-state index in [0.29, 0.717) is 57.0 Å². The number of ether oxygens (including phenoxy) is 3. The van der Waals surface area contributed by atoms with Crippen LogP contribution < -0.4 is 19.5 Å². The van der Waals surface area contributed by atoms with Gasteiger partial charge in [0.2, 0.25) is 0 Å². The van der Waals surface area contributed by atoms with Crippen molar-refractivity contribution in [3.05, 3.63) is 105 Å². The number of hydrogen-bond donors (Lipinski definition) is 4. The third-order valence-corrected chi connectivity index (χ3v) is 10.7. The number of aromatic nitrogens is 1. The minimum Gasteiger partial charge on any atom is -0.492 e. The number of halogens is 2. The summed E-state index contributed by atoms with van der Waals surface area (Å²) in [7, 11) is 0. The van der Waals surface area contributed by atoms with Crippen LogP contribution in [0.2, 0.25) is 10.0 Å². The minimum atomic E-state index is -1.59. The van der Waals surface area contributed by atoms with Crippen molar-refractivity contribution in [3.8, 4) is 34.4 Å². The number of piperidine rings is 1. The molecule has 1 aromatic heterocycles. The average Bonchev–Trinajstić information content (AvgIpc) is 3.60. The highest BCUT2D eigenvalue weighted by Crippen LogP contribution is 2.45. The van der Waals surface area contributed by atoms with Crippen LogP contribution in [0.4, 0.5) is 0 Å². The van der Waals surface area contributed by atoms with Crippen molar-refractivity contribution in [1.82, 2.24) is 15.2 Å². The number of carbonyl (C=O) groups is 1. The molecule has 4 aromatic rings. The van der Waals surface area contributed by atoms with Crippen LogP contribution in [-0.4, -0.2) is 75.7 Å². The van der Waals surface area contributed by atoms with E-state index in [1.807, 2.05) is 30.3 Å². The van der Waals surface area contributed by atoms with Crippen molar-refractivity contribution >= 4 is 29.2 Å². The van der Waals surface area contributed by atoms with Gasteiger partial charge in [-0.15, -0.1) is 0 Å². The van der Waals surface area contributed by atoms with Crippen molar-refractivity contribution in [2.75, 3.05) is 32.8 Å². The molecule has 284 valence electrons. The van der Waals surface area contributed by atoms with E-state index in [1.54, 1.807) is 24.4 Å². The number of likely N-dealkylation sites (tertiary alicyclic amines) is 1. The van der Waals surface area contributed by atoms with Gasteiger partial charge in [-0.1, -0.05) is 53.5 Å². The molecular formula is C41H44Cl2N4O7. The smallest absolute Gasteiger partial charge is 0.326 e. The lowest BCUT2D eigenvalue weighted by molar-refractivity contribution is -0.145. The molecule has 2 heterocycles. The summed E-state index contributed by atoms with van der Waals surface area (Å²) in [6, 6.07) is 19.0. The molecule has 3 aromatic carbocycles. The molecule has 6 rings (SSSR count). The Morgan fingerprint density at radius 3 is 2.57 bits per heavy atom. The van der Waals surface area contributed by atoms with Crippen molar-refractivity contribution in [2.45, 2.75) is 69.9 Å². The lowest BCUT2D eigenvalue weighted by atomic mass is 9.96. The van der Waals surface area contributed by atoms with Gasteiger partial charge in [-0.3, -0.25) is 15.1 Å². The monoisotopic (exact) mass is 774 g/mol. The molecular weight excluding hydrogens is 731 g/mol. The molecule has 1 unspecified atom stereocenters. The summed E-state index contributed by atoms with van der Waals surface area (Å²) < 4.78 is 19.0. The normalized spacial score (nSPS) is 17.0. The first-order valence-electron chi connectivity index (χ1n) is 18.1. The molecule has 1 aliphatic heterocycles. The fourth-order valence-electron chi connectivity index (χ4n) is 6.80. The Balaban J connectivity index is 1.19. The van der Waals surface area contributed by atoms with Crippen molar-refractivity contribution in [2.24, 2.45) is 0 Å². The number of carboxylic acids is 1. The first-order chi connectivity index (χ1) is 26.1. The highest BCUT2D eigenvalue weighted by Gasteiger charge is 2.33. The summed E-state index contributed by atoms with van der Waals surface area (Å²) in [5, 5.41) is 42.3. The summed E-state index contributed by atoms with van der Waals surface area (Å²) in [5.74, 6) is 0.210. The highest BCUT2D eigenvalue weighted by molar-refractivity contribution is 6.35. The molecule has 0 saturated carbocycles. The predicted molar refractivity (Wildman–Crippen MR) is 205 cm³/mol. The molecule has 0 bridgehead atoms. The molecule has 11 nitrogen and oxygen atoms in total. The van der Waals surface area contributed by atoms with E-state index in [2.05, 4.69) is 27.3 Å². The molecule has 2 aliphatic rings. The lowest BCUT2D eigenvalue weighted by Gasteiger charge is -2.29. The molecule has 4 N–H and O–H groups in total. The van der Waals surface area contributed by atoms with Gasteiger partial charge in [0.05, 0.1) is 34.9 Å². The zero-order valence-corrected chi connectivity index (χ0v) is 31.6. The number of aliphatic hydroxyl groups is 2. The SMILES string of the molecule is CC(CO)(NCc1cc(Cl)c(O[C@H]2CCc3c(-c4cccc(OCCCN5CCC(O)CC5)c4Cl)cccc32)cc1OCc1cncc(C#N)c1)C(=O)O. The van der Waals surface area contributed by atoms with E-state index in [0.717, 1.165) is 67.6 Å². The Morgan fingerprint density at radius 1 is 1.04 bits per heavy atom. The first kappa shape index (κ1) is 39.3. The van der Waals surface area contributed by atoms with Gasteiger partial charge in [0.15, 0.2) is 0 Å². The number of nitrogens with one attached hydrogen (secondary N) is 1. The first-order valence-corrected chi connectivity index (χ1v) is 18.8. The third kappa shape index (κ3) is 9.27. The lowest BCUT2D eigenvalue weighted by Crippen LogP contribution is -2.52. The van der Waals surface area contributed by atoms with Crippen molar-refractivity contribution < 1.29 is 34.3 Å². The second-order valence-corrected chi connectivity index (χ2v) is 14.7. The van der Waals surface area contributed by atoms with Gasteiger partial charge in [-0.2, -0.15) is 5.26 Å². The number of fused-ring (bicyclic) bond motifs is 1. The Morgan fingerprint density at radius 2 is 1.81 bits per heavy atom. The van der Waals surface area contributed by atoms with Gasteiger partial charge in [-0.05, 0) is 73.9 Å². The number of benzene rings is 3. The number of rotatable bonds is 16. The van der Waals surface area contributed by atoms with Crippen molar-refractivity contribution in [3.63, 3.8) is 0 Å². The van der Waals surface area contributed by atoms with Crippen LogP contribution in [0.25, 0.3) is 11.1 Å². The van der Waals surface area contributed by atoms with Crippen molar-refractivity contribution in [1.29, 1.82) is 5.26 Å². The number of carboxylic acid groups (broad SMARTS) is 1. The molecule has 2 atom stereocenters. The second-order valence-electron chi connectivity index (χ2n) is 13.9. The summed E-state index contributed by atoms with van der Waals surface area (Å²) >= 11 is 13.8. The van der Waals surface area contributed by atoms with E-state index in [4.69, 9.17) is 37.4 Å². The van der Waals surface area contributed by atoms with Gasteiger partial charge < -0.3 is 34.4 Å².